The van der Waals surface area contributed by atoms with Crippen LogP contribution in [0.5, 0.6) is 0 Å². The van der Waals surface area contributed by atoms with Crippen LogP contribution in [0.25, 0.3) is 6.08 Å². The van der Waals surface area contributed by atoms with Crippen LogP contribution in [-0.4, -0.2) is 19.8 Å². The molecule has 152 valence electrons. The van der Waals surface area contributed by atoms with Gasteiger partial charge in [-0.3, -0.25) is 5.41 Å². The first-order valence-corrected chi connectivity index (χ1v) is 10.5. The summed E-state index contributed by atoms with van der Waals surface area (Å²) in [5.41, 5.74) is 12.7. The second-order valence-corrected chi connectivity index (χ2v) is 8.67. The Labute approximate surface area is 180 Å². The Balaban J connectivity index is 1.92. The number of hydrogen-bond donors (Lipinski definition) is 1. The van der Waals surface area contributed by atoms with Crippen molar-refractivity contribution in [3.8, 4) is 0 Å². The summed E-state index contributed by atoms with van der Waals surface area (Å²) >= 11 is 0. The Morgan fingerprint density at radius 3 is 2.27 bits per heavy atom. The predicted molar refractivity (Wildman–Crippen MR) is 129 cm³/mol. The first kappa shape index (κ1) is 20.2. The number of anilines is 1. The van der Waals surface area contributed by atoms with Gasteiger partial charge in [-0.1, -0.05) is 54.1 Å². The van der Waals surface area contributed by atoms with Crippen molar-refractivity contribution in [2.75, 3.05) is 19.0 Å². The molecular formula is C28H30N2. The van der Waals surface area contributed by atoms with Gasteiger partial charge in [-0.25, -0.2) is 0 Å². The number of fused-ring (bicyclic) bond motifs is 1. The van der Waals surface area contributed by atoms with Gasteiger partial charge in [0.2, 0.25) is 0 Å². The van der Waals surface area contributed by atoms with E-state index < -0.39 is 0 Å². The van der Waals surface area contributed by atoms with Crippen molar-refractivity contribution in [1.29, 1.82) is 5.41 Å². The number of aryl methyl sites for hydroxylation is 1. The van der Waals surface area contributed by atoms with E-state index in [0.29, 0.717) is 5.71 Å². The quantitative estimate of drug-likeness (QED) is 0.493. The topological polar surface area (TPSA) is 27.1 Å². The van der Waals surface area contributed by atoms with Crippen LogP contribution >= 0.6 is 0 Å². The first-order chi connectivity index (χ1) is 14.3. The zero-order chi connectivity index (χ0) is 21.6. The SMILES string of the molecule is CC1=Cc2ccccc2C1c1ccc(N(C)C)cc1C(=N)c1ccc(C)c(C)c1C. The van der Waals surface area contributed by atoms with E-state index in [1.54, 1.807) is 0 Å². The molecule has 2 heteroatoms. The van der Waals surface area contributed by atoms with Crippen LogP contribution in [0.3, 0.4) is 0 Å². The molecule has 3 aromatic rings. The van der Waals surface area contributed by atoms with Gasteiger partial charge in [0.1, 0.15) is 0 Å². The summed E-state index contributed by atoms with van der Waals surface area (Å²) in [6.45, 7) is 8.63. The maximum atomic E-state index is 9.23. The minimum Gasteiger partial charge on any atom is -0.378 e. The zero-order valence-corrected chi connectivity index (χ0v) is 18.8. The number of allylic oxidation sites excluding steroid dienone is 1. The van der Waals surface area contributed by atoms with E-state index in [2.05, 4.69) is 107 Å². The Bertz CT molecular complexity index is 1180. The molecule has 0 radical (unpaired) electrons. The van der Waals surface area contributed by atoms with E-state index in [1.165, 1.54) is 39.0 Å². The van der Waals surface area contributed by atoms with E-state index >= 15 is 0 Å². The molecule has 0 amide bonds. The normalized spacial score (nSPS) is 15.0. The summed E-state index contributed by atoms with van der Waals surface area (Å²) in [5, 5.41) is 9.23. The van der Waals surface area contributed by atoms with Crippen LogP contribution in [0.2, 0.25) is 0 Å². The summed E-state index contributed by atoms with van der Waals surface area (Å²) in [6, 6.07) is 19.4. The van der Waals surface area contributed by atoms with E-state index in [0.717, 1.165) is 16.8 Å². The van der Waals surface area contributed by atoms with E-state index in [4.69, 9.17) is 0 Å². The molecule has 1 N–H and O–H groups in total. The molecule has 4 rings (SSSR count). The third-order valence-electron chi connectivity index (χ3n) is 6.61. The van der Waals surface area contributed by atoms with Gasteiger partial charge in [-0.2, -0.15) is 0 Å². The van der Waals surface area contributed by atoms with Crippen molar-refractivity contribution in [1.82, 2.24) is 0 Å². The first-order valence-electron chi connectivity index (χ1n) is 10.5. The van der Waals surface area contributed by atoms with Crippen molar-refractivity contribution >= 4 is 17.5 Å². The lowest BCUT2D eigenvalue weighted by Crippen LogP contribution is -2.15. The van der Waals surface area contributed by atoms with E-state index in [-0.39, 0.29) is 5.92 Å². The summed E-state index contributed by atoms with van der Waals surface area (Å²) in [7, 11) is 4.11. The molecule has 3 aromatic carbocycles. The fourth-order valence-electron chi connectivity index (χ4n) is 4.55. The fourth-order valence-corrected chi connectivity index (χ4v) is 4.55. The monoisotopic (exact) mass is 394 g/mol. The van der Waals surface area contributed by atoms with Crippen molar-refractivity contribution in [2.45, 2.75) is 33.6 Å². The van der Waals surface area contributed by atoms with Crippen LogP contribution in [0.4, 0.5) is 5.69 Å². The smallest absolute Gasteiger partial charge is 0.0691 e. The maximum absolute atomic E-state index is 9.23. The molecule has 30 heavy (non-hydrogen) atoms. The van der Waals surface area contributed by atoms with Crippen LogP contribution in [0.1, 0.15) is 57.3 Å². The lowest BCUT2D eigenvalue weighted by atomic mass is 9.82. The van der Waals surface area contributed by atoms with Crippen LogP contribution < -0.4 is 4.90 Å². The third-order valence-corrected chi connectivity index (χ3v) is 6.61. The van der Waals surface area contributed by atoms with Crippen molar-refractivity contribution in [2.24, 2.45) is 0 Å². The highest BCUT2D eigenvalue weighted by Gasteiger charge is 2.27. The average Bonchev–Trinajstić information content (AvgIpc) is 3.06. The highest BCUT2D eigenvalue weighted by Crippen LogP contribution is 2.43. The summed E-state index contributed by atoms with van der Waals surface area (Å²) in [6.07, 6.45) is 2.29. The summed E-state index contributed by atoms with van der Waals surface area (Å²) in [4.78, 5) is 2.11. The second kappa shape index (κ2) is 7.60. The standard InChI is InChI=1S/C28H30N2/c1-17-11-13-23(20(4)19(17)3)28(29)26-16-22(30(5)6)12-14-25(26)27-18(2)15-21-9-7-8-10-24(21)27/h7-16,27,29H,1-6H3. The van der Waals surface area contributed by atoms with Gasteiger partial charge in [-0.05, 0) is 73.2 Å². The highest BCUT2D eigenvalue weighted by molar-refractivity contribution is 6.13. The number of benzene rings is 3. The molecule has 0 saturated heterocycles. The van der Waals surface area contributed by atoms with E-state index in [1.807, 2.05) is 0 Å². The second-order valence-electron chi connectivity index (χ2n) is 8.67. The maximum Gasteiger partial charge on any atom is 0.0691 e. The number of nitrogens with zero attached hydrogens (tertiary/aromatic N) is 1. The Kier molecular flexibility index (Phi) is 5.11. The lowest BCUT2D eigenvalue weighted by molar-refractivity contribution is 0.970. The minimum absolute atomic E-state index is 0.194. The molecule has 0 bridgehead atoms. The van der Waals surface area contributed by atoms with Crippen molar-refractivity contribution in [3.63, 3.8) is 0 Å². The summed E-state index contributed by atoms with van der Waals surface area (Å²) in [5.74, 6) is 0.194. The molecule has 0 spiro atoms. The predicted octanol–water partition coefficient (Wildman–Crippen LogP) is 6.64. The number of rotatable bonds is 4. The average molecular weight is 395 g/mol. The van der Waals surface area contributed by atoms with Gasteiger partial charge >= 0.3 is 0 Å². The number of hydrogen-bond acceptors (Lipinski definition) is 2. The Morgan fingerprint density at radius 1 is 0.800 bits per heavy atom. The molecule has 1 aliphatic rings. The van der Waals surface area contributed by atoms with Gasteiger partial charge in [0, 0.05) is 36.8 Å². The molecule has 1 atom stereocenters. The fraction of sp³-hybridized carbons (Fsp3) is 0.250. The van der Waals surface area contributed by atoms with Crippen molar-refractivity contribution < 1.29 is 0 Å². The minimum atomic E-state index is 0.194. The molecular weight excluding hydrogens is 364 g/mol. The molecule has 0 saturated carbocycles. The Hall–Kier alpha value is -3.13. The number of nitrogens with one attached hydrogen (secondary N) is 1. The third kappa shape index (κ3) is 3.27. The molecule has 0 aliphatic heterocycles. The molecule has 1 aliphatic carbocycles. The van der Waals surface area contributed by atoms with Gasteiger partial charge in [0.25, 0.3) is 0 Å². The largest absolute Gasteiger partial charge is 0.378 e. The van der Waals surface area contributed by atoms with Gasteiger partial charge < -0.3 is 4.90 Å². The Morgan fingerprint density at radius 2 is 1.53 bits per heavy atom. The van der Waals surface area contributed by atoms with Crippen LogP contribution in [-0.2, 0) is 0 Å². The van der Waals surface area contributed by atoms with E-state index in [9.17, 15) is 5.41 Å². The molecule has 1 unspecified atom stereocenters. The van der Waals surface area contributed by atoms with Crippen LogP contribution in [0, 0.1) is 26.2 Å². The lowest BCUT2D eigenvalue weighted by Gasteiger charge is -2.23. The van der Waals surface area contributed by atoms with Crippen LogP contribution in [0.15, 0.2) is 60.2 Å². The van der Waals surface area contributed by atoms with Gasteiger partial charge in [0.15, 0.2) is 0 Å². The molecule has 0 fully saturated rings. The highest BCUT2D eigenvalue weighted by atomic mass is 15.1. The summed E-state index contributed by atoms with van der Waals surface area (Å²) < 4.78 is 0. The molecule has 0 heterocycles. The van der Waals surface area contributed by atoms with Gasteiger partial charge in [-0.15, -0.1) is 0 Å². The molecule has 0 aromatic heterocycles. The molecule has 2 nitrogen and oxygen atoms in total. The van der Waals surface area contributed by atoms with Gasteiger partial charge in [0.05, 0.1) is 5.71 Å². The van der Waals surface area contributed by atoms with Crippen molar-refractivity contribution in [3.05, 3.63) is 105 Å². The zero-order valence-electron chi connectivity index (χ0n) is 18.8.